The van der Waals surface area contributed by atoms with Crippen LogP contribution in [0.1, 0.15) is 16.7 Å². The number of nitrogens with zero attached hydrogens (tertiary/aromatic N) is 2. The lowest BCUT2D eigenvalue weighted by molar-refractivity contribution is -0.385. The molecular weight excluding hydrogens is 590 g/mol. The quantitative estimate of drug-likeness (QED) is 0.179. The summed E-state index contributed by atoms with van der Waals surface area (Å²) >= 11 is 4.16. The number of benzene rings is 3. The normalized spacial score (nSPS) is 14.0. The van der Waals surface area contributed by atoms with E-state index in [-0.39, 0.29) is 35.2 Å². The molecule has 0 bridgehead atoms. The molecule has 4 rings (SSSR count). The monoisotopic (exact) mass is 611 g/mol. The van der Waals surface area contributed by atoms with Crippen molar-refractivity contribution in [3.8, 4) is 11.5 Å². The maximum absolute atomic E-state index is 13.0. The highest BCUT2D eigenvalue weighted by Gasteiger charge is 2.36. The van der Waals surface area contributed by atoms with Crippen molar-refractivity contribution in [3.05, 3.63) is 96.8 Å². The van der Waals surface area contributed by atoms with Gasteiger partial charge in [-0.1, -0.05) is 30.3 Å². The number of nitro groups is 1. The van der Waals surface area contributed by atoms with Crippen LogP contribution in [0.2, 0.25) is 0 Å². The second-order valence-electron chi connectivity index (χ2n) is 8.39. The lowest BCUT2D eigenvalue weighted by Crippen LogP contribution is -2.27. The van der Waals surface area contributed by atoms with Crippen LogP contribution >= 0.6 is 27.7 Å². The molecular formula is C27H22BrN3O7S. The Hall–Kier alpha value is -4.16. The molecule has 10 nitrogen and oxygen atoms in total. The minimum Gasteiger partial charge on any atom is -0.493 e. The minimum atomic E-state index is -0.564. The fourth-order valence-corrected chi connectivity index (χ4v) is 5.21. The van der Waals surface area contributed by atoms with Crippen molar-refractivity contribution in [2.75, 3.05) is 19.0 Å². The van der Waals surface area contributed by atoms with Crippen LogP contribution in [0.15, 0.2) is 70.0 Å². The summed E-state index contributed by atoms with van der Waals surface area (Å²) in [7, 11) is 1.44. The molecule has 0 radical (unpaired) electrons. The topological polar surface area (TPSA) is 128 Å². The van der Waals surface area contributed by atoms with Gasteiger partial charge in [0.05, 0.1) is 28.0 Å². The van der Waals surface area contributed by atoms with Crippen molar-refractivity contribution in [2.24, 2.45) is 0 Å². The number of carbonyl (C=O) groups is 3. The van der Waals surface area contributed by atoms with Crippen LogP contribution in [0.4, 0.5) is 16.2 Å². The van der Waals surface area contributed by atoms with E-state index in [2.05, 4.69) is 21.2 Å². The zero-order chi connectivity index (χ0) is 28.1. The fourth-order valence-electron chi connectivity index (χ4n) is 3.80. The van der Waals surface area contributed by atoms with Crippen LogP contribution in [0.5, 0.6) is 11.5 Å². The first-order valence-electron chi connectivity index (χ1n) is 11.5. The number of nitro benzene ring substituents is 1. The summed E-state index contributed by atoms with van der Waals surface area (Å²) in [5, 5.41) is 13.5. The Kier molecular flexibility index (Phi) is 8.67. The Balaban J connectivity index is 1.48. The standard InChI is InChI=1S/C27H22BrN3O7S/c1-16-6-5-8-19(10-16)29-24(32)15-38-25-20(28)11-17(12-22(25)37-2)13-23-26(33)30(27(34)39-23)14-18-7-3-4-9-21(18)31(35)36/h3-13H,14-15H2,1-2H3,(H,29,32)/b23-13-. The fraction of sp³-hybridized carbons (Fsp3) is 0.148. The van der Waals surface area contributed by atoms with Gasteiger partial charge in [-0.25, -0.2) is 0 Å². The van der Waals surface area contributed by atoms with Gasteiger partial charge < -0.3 is 14.8 Å². The lowest BCUT2D eigenvalue weighted by atomic mass is 10.1. The summed E-state index contributed by atoms with van der Waals surface area (Å²) in [4.78, 5) is 49.8. The average Bonchev–Trinajstić information content (AvgIpc) is 3.15. The van der Waals surface area contributed by atoms with Crippen LogP contribution in [0.3, 0.4) is 0 Å². The molecule has 1 heterocycles. The zero-order valence-corrected chi connectivity index (χ0v) is 23.2. The number of aryl methyl sites for hydroxylation is 1. The van der Waals surface area contributed by atoms with Crippen LogP contribution in [-0.2, 0) is 16.1 Å². The number of methoxy groups -OCH3 is 1. The first-order valence-corrected chi connectivity index (χ1v) is 13.1. The van der Waals surface area contributed by atoms with Gasteiger partial charge in [0, 0.05) is 17.3 Å². The number of hydrogen-bond acceptors (Lipinski definition) is 8. The van der Waals surface area contributed by atoms with Gasteiger partial charge in [0.2, 0.25) is 0 Å². The van der Waals surface area contributed by atoms with Gasteiger partial charge in [-0.2, -0.15) is 0 Å². The summed E-state index contributed by atoms with van der Waals surface area (Å²) in [6.07, 6.45) is 1.52. The van der Waals surface area contributed by atoms with Crippen molar-refractivity contribution >= 4 is 62.2 Å². The Morgan fingerprint density at radius 3 is 2.64 bits per heavy atom. The third kappa shape index (κ3) is 6.65. The van der Waals surface area contributed by atoms with Gasteiger partial charge in [-0.15, -0.1) is 0 Å². The van der Waals surface area contributed by atoms with E-state index >= 15 is 0 Å². The molecule has 0 aromatic heterocycles. The minimum absolute atomic E-state index is 0.152. The predicted molar refractivity (Wildman–Crippen MR) is 151 cm³/mol. The second kappa shape index (κ2) is 12.1. The number of hydrogen-bond donors (Lipinski definition) is 1. The van der Waals surface area contributed by atoms with Crippen molar-refractivity contribution in [1.29, 1.82) is 0 Å². The molecule has 3 aromatic rings. The number of imide groups is 1. The molecule has 39 heavy (non-hydrogen) atoms. The maximum atomic E-state index is 13.0. The van der Waals surface area contributed by atoms with Gasteiger partial charge in [-0.3, -0.25) is 29.4 Å². The van der Waals surface area contributed by atoms with Crippen molar-refractivity contribution in [2.45, 2.75) is 13.5 Å². The lowest BCUT2D eigenvalue weighted by Gasteiger charge is -2.14. The summed E-state index contributed by atoms with van der Waals surface area (Å²) in [5.41, 5.74) is 2.28. The first-order chi connectivity index (χ1) is 18.7. The Bertz CT molecular complexity index is 1510. The van der Waals surface area contributed by atoms with Crippen LogP contribution in [0, 0.1) is 17.0 Å². The van der Waals surface area contributed by atoms with E-state index in [9.17, 15) is 24.5 Å². The predicted octanol–water partition coefficient (Wildman–Crippen LogP) is 5.93. The molecule has 0 atom stereocenters. The molecule has 1 fully saturated rings. The number of para-hydroxylation sites is 1. The third-order valence-corrected chi connectivity index (χ3v) is 7.09. The Labute approximate surface area is 236 Å². The number of carbonyl (C=O) groups excluding carboxylic acids is 3. The third-order valence-electron chi connectivity index (χ3n) is 5.59. The molecule has 200 valence electrons. The van der Waals surface area contributed by atoms with E-state index in [4.69, 9.17) is 9.47 Å². The van der Waals surface area contributed by atoms with E-state index in [1.54, 1.807) is 24.3 Å². The van der Waals surface area contributed by atoms with Crippen LogP contribution in [0.25, 0.3) is 6.08 Å². The highest BCUT2D eigenvalue weighted by molar-refractivity contribution is 9.10. The summed E-state index contributed by atoms with van der Waals surface area (Å²) in [6, 6.07) is 16.6. The highest BCUT2D eigenvalue weighted by Crippen LogP contribution is 2.39. The van der Waals surface area contributed by atoms with Gasteiger partial charge in [0.1, 0.15) is 0 Å². The van der Waals surface area contributed by atoms with Crippen molar-refractivity contribution in [1.82, 2.24) is 4.90 Å². The molecule has 0 aliphatic carbocycles. The Morgan fingerprint density at radius 1 is 1.15 bits per heavy atom. The van der Waals surface area contributed by atoms with E-state index < -0.39 is 16.1 Å². The summed E-state index contributed by atoms with van der Waals surface area (Å²) in [5.74, 6) is -0.325. The molecule has 3 aromatic carbocycles. The molecule has 1 N–H and O–H groups in total. The van der Waals surface area contributed by atoms with E-state index in [1.165, 1.54) is 31.4 Å². The van der Waals surface area contributed by atoms with E-state index in [0.29, 0.717) is 27.2 Å². The molecule has 1 aliphatic rings. The smallest absolute Gasteiger partial charge is 0.293 e. The van der Waals surface area contributed by atoms with Gasteiger partial charge in [0.15, 0.2) is 18.1 Å². The molecule has 0 spiro atoms. The number of amides is 3. The highest BCUT2D eigenvalue weighted by atomic mass is 79.9. The molecule has 1 saturated heterocycles. The molecule has 1 aliphatic heterocycles. The van der Waals surface area contributed by atoms with Crippen LogP contribution in [-0.4, -0.2) is 40.6 Å². The number of ether oxygens (including phenoxy) is 2. The number of thioether (sulfide) groups is 1. The zero-order valence-electron chi connectivity index (χ0n) is 20.8. The molecule has 3 amide bonds. The summed E-state index contributed by atoms with van der Waals surface area (Å²) < 4.78 is 11.6. The molecule has 0 saturated carbocycles. The number of anilines is 1. The van der Waals surface area contributed by atoms with Gasteiger partial charge in [0.25, 0.3) is 22.7 Å². The number of nitrogens with one attached hydrogen (secondary N) is 1. The largest absolute Gasteiger partial charge is 0.493 e. The van der Waals surface area contributed by atoms with Crippen molar-refractivity contribution in [3.63, 3.8) is 0 Å². The average molecular weight is 612 g/mol. The Morgan fingerprint density at radius 2 is 1.92 bits per heavy atom. The summed E-state index contributed by atoms with van der Waals surface area (Å²) in [6.45, 7) is 1.43. The van der Waals surface area contributed by atoms with Crippen molar-refractivity contribution < 1.29 is 28.8 Å². The maximum Gasteiger partial charge on any atom is 0.293 e. The number of rotatable bonds is 9. The van der Waals surface area contributed by atoms with E-state index in [1.807, 2.05) is 25.1 Å². The van der Waals surface area contributed by atoms with Gasteiger partial charge >= 0.3 is 0 Å². The second-order valence-corrected chi connectivity index (χ2v) is 10.2. The molecule has 0 unspecified atom stereocenters. The number of halogens is 1. The van der Waals surface area contributed by atoms with E-state index in [0.717, 1.165) is 22.2 Å². The van der Waals surface area contributed by atoms with Crippen LogP contribution < -0.4 is 14.8 Å². The molecule has 12 heteroatoms. The SMILES string of the molecule is COc1cc(/C=C2\SC(=O)N(Cc3ccccc3[N+](=O)[O-])C2=O)cc(Br)c1OCC(=O)Nc1cccc(C)c1. The first kappa shape index (κ1) is 27.9. The van der Waals surface area contributed by atoms with Gasteiger partial charge in [-0.05, 0) is 76.1 Å².